The van der Waals surface area contributed by atoms with E-state index in [2.05, 4.69) is 11.1 Å². The molecule has 0 saturated heterocycles. The molecule has 17 heavy (non-hydrogen) atoms. The molecule has 0 aliphatic heterocycles. The van der Waals surface area contributed by atoms with Crippen molar-refractivity contribution >= 4 is 22.9 Å². The van der Waals surface area contributed by atoms with Crippen LogP contribution in [0.3, 0.4) is 0 Å². The van der Waals surface area contributed by atoms with Gasteiger partial charge in [-0.15, -0.1) is 11.3 Å². The molecule has 0 aliphatic carbocycles. The van der Waals surface area contributed by atoms with E-state index in [1.54, 1.807) is 12.1 Å². The highest BCUT2D eigenvalue weighted by molar-refractivity contribution is 7.12. The smallest absolute Gasteiger partial charge is 0.132 e. The minimum atomic E-state index is 0.540. The van der Waals surface area contributed by atoms with Crippen LogP contribution in [0.25, 0.3) is 11.3 Å². The first-order valence-electron chi connectivity index (χ1n) is 5.10. The number of nitriles is 1. The Kier molecular flexibility index (Phi) is 3.75. The van der Waals surface area contributed by atoms with E-state index in [1.165, 1.54) is 11.3 Å². The van der Waals surface area contributed by atoms with Crippen molar-refractivity contribution in [1.82, 2.24) is 4.98 Å². The summed E-state index contributed by atoms with van der Waals surface area (Å²) in [6, 6.07) is 9.48. The SMILES string of the molecule is N#Cc1sc(CCN)nc1-c1ccc(Cl)cc1. The number of nitrogens with zero attached hydrogens (tertiary/aromatic N) is 2. The number of hydrogen-bond acceptors (Lipinski definition) is 4. The third-order valence-corrected chi connectivity index (χ3v) is 3.52. The molecule has 0 fully saturated rings. The molecule has 3 nitrogen and oxygen atoms in total. The van der Waals surface area contributed by atoms with Crippen LogP contribution in [0.5, 0.6) is 0 Å². The summed E-state index contributed by atoms with van der Waals surface area (Å²) >= 11 is 7.23. The first kappa shape index (κ1) is 12.1. The normalized spacial score (nSPS) is 10.2. The summed E-state index contributed by atoms with van der Waals surface area (Å²) in [6.07, 6.45) is 0.701. The molecule has 0 unspecified atom stereocenters. The molecule has 0 bridgehead atoms. The van der Waals surface area contributed by atoms with Crippen molar-refractivity contribution in [3.63, 3.8) is 0 Å². The third kappa shape index (κ3) is 2.64. The van der Waals surface area contributed by atoms with Crippen LogP contribution in [0.2, 0.25) is 5.02 Å². The summed E-state index contributed by atoms with van der Waals surface area (Å²) < 4.78 is 0. The van der Waals surface area contributed by atoms with Gasteiger partial charge in [0.1, 0.15) is 10.9 Å². The van der Waals surface area contributed by atoms with E-state index in [0.29, 0.717) is 22.9 Å². The molecule has 0 spiro atoms. The summed E-state index contributed by atoms with van der Waals surface area (Å²) in [5.41, 5.74) is 7.11. The van der Waals surface area contributed by atoms with Gasteiger partial charge in [-0.25, -0.2) is 4.98 Å². The Bertz CT molecular complexity index is 554. The van der Waals surface area contributed by atoms with Crippen molar-refractivity contribution in [1.29, 1.82) is 5.26 Å². The first-order chi connectivity index (χ1) is 8.24. The fraction of sp³-hybridized carbons (Fsp3) is 0.167. The van der Waals surface area contributed by atoms with Crippen molar-refractivity contribution in [2.45, 2.75) is 6.42 Å². The van der Waals surface area contributed by atoms with Crippen LogP contribution in [0.4, 0.5) is 0 Å². The number of halogens is 1. The quantitative estimate of drug-likeness (QED) is 0.926. The van der Waals surface area contributed by atoms with Gasteiger partial charge in [-0.1, -0.05) is 23.7 Å². The van der Waals surface area contributed by atoms with Crippen LogP contribution >= 0.6 is 22.9 Å². The molecular weight excluding hydrogens is 254 g/mol. The molecule has 2 aromatic rings. The molecule has 2 rings (SSSR count). The second-order valence-corrected chi connectivity index (χ2v) is 4.96. The fourth-order valence-electron chi connectivity index (χ4n) is 1.47. The summed E-state index contributed by atoms with van der Waals surface area (Å²) in [4.78, 5) is 5.06. The van der Waals surface area contributed by atoms with Crippen LogP contribution in [0.1, 0.15) is 9.88 Å². The summed E-state index contributed by atoms with van der Waals surface area (Å²) in [5.74, 6) is 0. The Balaban J connectivity index is 2.44. The molecule has 0 atom stereocenters. The lowest BCUT2D eigenvalue weighted by Crippen LogP contribution is -2.01. The van der Waals surface area contributed by atoms with Gasteiger partial charge in [0, 0.05) is 17.0 Å². The number of rotatable bonds is 3. The summed E-state index contributed by atoms with van der Waals surface area (Å²) in [7, 11) is 0. The second kappa shape index (κ2) is 5.28. The second-order valence-electron chi connectivity index (χ2n) is 3.44. The molecule has 1 aromatic heterocycles. The maximum absolute atomic E-state index is 9.08. The number of nitrogens with two attached hydrogens (primary N) is 1. The van der Waals surface area contributed by atoms with Crippen LogP contribution < -0.4 is 5.73 Å². The van der Waals surface area contributed by atoms with Gasteiger partial charge in [0.2, 0.25) is 0 Å². The summed E-state index contributed by atoms with van der Waals surface area (Å²) in [6.45, 7) is 0.540. The van der Waals surface area contributed by atoms with E-state index in [1.807, 2.05) is 12.1 Å². The molecule has 86 valence electrons. The first-order valence-corrected chi connectivity index (χ1v) is 6.30. The van der Waals surface area contributed by atoms with Crippen LogP contribution in [0, 0.1) is 11.3 Å². The number of aromatic nitrogens is 1. The average Bonchev–Trinajstić information content (AvgIpc) is 2.74. The van der Waals surface area contributed by atoms with Crippen molar-refractivity contribution in [2.24, 2.45) is 5.73 Å². The highest BCUT2D eigenvalue weighted by atomic mass is 35.5. The molecular formula is C12H10ClN3S. The van der Waals surface area contributed by atoms with Crippen LogP contribution in [-0.4, -0.2) is 11.5 Å². The predicted molar refractivity (Wildman–Crippen MR) is 70.0 cm³/mol. The predicted octanol–water partition coefficient (Wildman–Crippen LogP) is 2.84. The molecule has 0 amide bonds. The Morgan fingerprint density at radius 2 is 2.06 bits per heavy atom. The molecule has 1 heterocycles. The van der Waals surface area contributed by atoms with Crippen molar-refractivity contribution in [3.8, 4) is 17.3 Å². The number of hydrogen-bond donors (Lipinski definition) is 1. The molecule has 2 N–H and O–H groups in total. The molecule has 1 aromatic carbocycles. The number of benzene rings is 1. The summed E-state index contributed by atoms with van der Waals surface area (Å²) in [5, 5.41) is 10.6. The van der Waals surface area contributed by atoms with Gasteiger partial charge < -0.3 is 5.73 Å². The van der Waals surface area contributed by atoms with E-state index < -0.39 is 0 Å². The maximum atomic E-state index is 9.08. The maximum Gasteiger partial charge on any atom is 0.132 e. The topological polar surface area (TPSA) is 62.7 Å². The minimum absolute atomic E-state index is 0.540. The van der Waals surface area contributed by atoms with Gasteiger partial charge in [0.15, 0.2) is 0 Å². The van der Waals surface area contributed by atoms with Gasteiger partial charge in [-0.3, -0.25) is 0 Å². The van der Waals surface area contributed by atoms with E-state index >= 15 is 0 Å². The van der Waals surface area contributed by atoms with Crippen LogP contribution in [0.15, 0.2) is 24.3 Å². The molecule has 5 heteroatoms. The lowest BCUT2D eigenvalue weighted by molar-refractivity contribution is 0.954. The van der Waals surface area contributed by atoms with Crippen molar-refractivity contribution < 1.29 is 0 Å². The Labute approximate surface area is 108 Å². The zero-order valence-corrected chi connectivity index (χ0v) is 10.6. The van der Waals surface area contributed by atoms with E-state index in [9.17, 15) is 0 Å². The van der Waals surface area contributed by atoms with E-state index in [0.717, 1.165) is 16.3 Å². The van der Waals surface area contributed by atoms with Crippen molar-refractivity contribution in [3.05, 3.63) is 39.2 Å². The fourth-order valence-corrected chi connectivity index (χ4v) is 2.50. The monoisotopic (exact) mass is 263 g/mol. The Morgan fingerprint density at radius 3 is 2.65 bits per heavy atom. The lowest BCUT2D eigenvalue weighted by Gasteiger charge is -1.97. The van der Waals surface area contributed by atoms with Gasteiger partial charge in [-0.05, 0) is 18.7 Å². The zero-order valence-electron chi connectivity index (χ0n) is 8.98. The van der Waals surface area contributed by atoms with Gasteiger partial charge in [0.25, 0.3) is 0 Å². The Morgan fingerprint density at radius 1 is 1.35 bits per heavy atom. The molecule has 0 saturated carbocycles. The highest BCUT2D eigenvalue weighted by Crippen LogP contribution is 2.28. The third-order valence-electron chi connectivity index (χ3n) is 2.25. The largest absolute Gasteiger partial charge is 0.330 e. The van der Waals surface area contributed by atoms with Crippen LogP contribution in [-0.2, 0) is 6.42 Å². The molecule has 0 radical (unpaired) electrons. The lowest BCUT2D eigenvalue weighted by atomic mass is 10.1. The van der Waals surface area contributed by atoms with E-state index in [4.69, 9.17) is 22.6 Å². The van der Waals surface area contributed by atoms with Crippen molar-refractivity contribution in [2.75, 3.05) is 6.54 Å². The van der Waals surface area contributed by atoms with E-state index in [-0.39, 0.29) is 0 Å². The Hall–Kier alpha value is -1.41. The highest BCUT2D eigenvalue weighted by Gasteiger charge is 2.12. The zero-order chi connectivity index (χ0) is 12.3. The molecule has 0 aliphatic rings. The van der Waals surface area contributed by atoms with Gasteiger partial charge >= 0.3 is 0 Å². The minimum Gasteiger partial charge on any atom is -0.330 e. The standard InChI is InChI=1S/C12H10ClN3S/c13-9-3-1-8(2-4-9)12-10(7-15)17-11(16-12)5-6-14/h1-4H,5-6,14H2. The number of thiazole rings is 1. The average molecular weight is 264 g/mol. The van der Waals surface area contributed by atoms with Gasteiger partial charge in [0.05, 0.1) is 10.7 Å². The van der Waals surface area contributed by atoms with Gasteiger partial charge in [-0.2, -0.15) is 5.26 Å².